The highest BCUT2D eigenvalue weighted by atomic mass is 19.1. The Labute approximate surface area is 158 Å². The zero-order valence-electron chi connectivity index (χ0n) is 14.9. The summed E-state index contributed by atoms with van der Waals surface area (Å²) in [5.74, 6) is -1.06. The van der Waals surface area contributed by atoms with E-state index in [9.17, 15) is 13.6 Å². The molecule has 144 valence electrons. The van der Waals surface area contributed by atoms with E-state index in [4.69, 9.17) is 4.74 Å². The molecule has 1 aliphatic heterocycles. The number of hydrogen-bond donors (Lipinski definition) is 0. The summed E-state index contributed by atoms with van der Waals surface area (Å²) < 4.78 is 32.1. The van der Waals surface area contributed by atoms with Crippen LogP contribution in [0, 0.1) is 18.6 Å². The van der Waals surface area contributed by atoms with E-state index in [0.717, 1.165) is 29.5 Å². The molecule has 0 aliphatic carbocycles. The van der Waals surface area contributed by atoms with Gasteiger partial charge in [-0.2, -0.15) is 4.80 Å². The highest BCUT2D eigenvalue weighted by molar-refractivity contribution is 5.89. The molecule has 0 N–H and O–H groups in total. The molecule has 1 amide bonds. The lowest BCUT2D eigenvalue weighted by Crippen LogP contribution is -2.25. The third kappa shape index (κ3) is 3.80. The van der Waals surface area contributed by atoms with Crippen molar-refractivity contribution in [2.24, 2.45) is 0 Å². The lowest BCUT2D eigenvalue weighted by atomic mass is 10.2. The molecule has 8 nitrogen and oxygen atoms in total. The van der Waals surface area contributed by atoms with E-state index in [2.05, 4.69) is 20.4 Å². The Morgan fingerprint density at radius 3 is 2.71 bits per heavy atom. The average Bonchev–Trinajstić information content (AvgIpc) is 3.26. The molecule has 1 atom stereocenters. The first kappa shape index (κ1) is 18.0. The van der Waals surface area contributed by atoms with Gasteiger partial charge in [0.2, 0.25) is 5.82 Å². The van der Waals surface area contributed by atoms with Crippen LogP contribution in [-0.2, 0) is 11.3 Å². The lowest BCUT2D eigenvalue weighted by molar-refractivity contribution is 0.132. The smallest absolute Gasteiger partial charge is 0.414 e. The van der Waals surface area contributed by atoms with Crippen molar-refractivity contribution in [2.45, 2.75) is 26.0 Å². The van der Waals surface area contributed by atoms with Gasteiger partial charge in [0.1, 0.15) is 17.7 Å². The SMILES string of the molecule is Cc1ccc(-c2nnn(CCC3CN(c4cc(F)cc(F)c4)C(=O)O3)n2)cn1. The van der Waals surface area contributed by atoms with E-state index >= 15 is 0 Å². The van der Waals surface area contributed by atoms with Crippen LogP contribution >= 0.6 is 0 Å². The molecule has 3 heterocycles. The molecule has 28 heavy (non-hydrogen) atoms. The number of cyclic esters (lactones) is 1. The van der Waals surface area contributed by atoms with Gasteiger partial charge in [-0.25, -0.2) is 13.6 Å². The van der Waals surface area contributed by atoms with Gasteiger partial charge >= 0.3 is 6.09 Å². The predicted molar refractivity (Wildman–Crippen MR) is 94.4 cm³/mol. The Kier molecular flexibility index (Phi) is 4.68. The van der Waals surface area contributed by atoms with Crippen molar-refractivity contribution in [3.05, 3.63) is 53.9 Å². The molecule has 1 aliphatic rings. The Balaban J connectivity index is 1.38. The Bertz CT molecular complexity index is 987. The fraction of sp³-hybridized carbons (Fsp3) is 0.278. The molecule has 10 heteroatoms. The summed E-state index contributed by atoms with van der Waals surface area (Å²) in [7, 11) is 0. The molecular formula is C18H16F2N6O2. The normalized spacial score (nSPS) is 16.5. The number of carbonyl (C=O) groups is 1. The van der Waals surface area contributed by atoms with Crippen LogP contribution in [0.15, 0.2) is 36.5 Å². The van der Waals surface area contributed by atoms with E-state index in [0.29, 0.717) is 18.8 Å². The van der Waals surface area contributed by atoms with Crippen molar-refractivity contribution in [1.29, 1.82) is 0 Å². The van der Waals surface area contributed by atoms with Crippen molar-refractivity contribution in [3.63, 3.8) is 0 Å². The monoisotopic (exact) mass is 386 g/mol. The number of benzene rings is 1. The third-order valence-electron chi connectivity index (χ3n) is 4.31. The maximum Gasteiger partial charge on any atom is 0.414 e. The van der Waals surface area contributed by atoms with Crippen LogP contribution in [0.1, 0.15) is 12.1 Å². The van der Waals surface area contributed by atoms with Crippen LogP contribution in [0.4, 0.5) is 19.3 Å². The zero-order valence-corrected chi connectivity index (χ0v) is 14.9. The predicted octanol–water partition coefficient (Wildman–Crippen LogP) is 2.74. The summed E-state index contributed by atoms with van der Waals surface area (Å²) in [6, 6.07) is 6.65. The highest BCUT2D eigenvalue weighted by Crippen LogP contribution is 2.25. The third-order valence-corrected chi connectivity index (χ3v) is 4.31. The van der Waals surface area contributed by atoms with Gasteiger partial charge in [-0.3, -0.25) is 9.88 Å². The molecule has 0 saturated carbocycles. The molecule has 0 radical (unpaired) electrons. The van der Waals surface area contributed by atoms with E-state index in [-0.39, 0.29) is 12.2 Å². The summed E-state index contributed by atoms with van der Waals surface area (Å²) in [6.45, 7) is 2.44. The number of halogens is 2. The number of carbonyl (C=O) groups excluding carboxylic acids is 1. The van der Waals surface area contributed by atoms with E-state index in [1.807, 2.05) is 19.1 Å². The molecule has 1 unspecified atom stereocenters. The van der Waals surface area contributed by atoms with Gasteiger partial charge in [-0.05, 0) is 36.4 Å². The molecule has 1 saturated heterocycles. The van der Waals surface area contributed by atoms with Crippen molar-refractivity contribution in [1.82, 2.24) is 25.2 Å². The number of aryl methyl sites for hydroxylation is 2. The lowest BCUT2D eigenvalue weighted by Gasteiger charge is -2.13. The van der Waals surface area contributed by atoms with Crippen molar-refractivity contribution >= 4 is 11.8 Å². The molecule has 4 rings (SSSR count). The molecule has 3 aromatic rings. The van der Waals surface area contributed by atoms with Crippen molar-refractivity contribution < 1.29 is 18.3 Å². The second-order valence-electron chi connectivity index (χ2n) is 6.43. The van der Waals surface area contributed by atoms with Crippen LogP contribution in [0.2, 0.25) is 0 Å². The van der Waals surface area contributed by atoms with E-state index in [1.165, 1.54) is 9.70 Å². The standard InChI is InChI=1S/C18H16F2N6O2/c1-11-2-3-12(9-21-11)17-22-24-26(23-17)5-4-16-10-25(18(27)28-16)15-7-13(19)6-14(20)8-15/h2-3,6-9,16H,4-5,10H2,1H3. The largest absolute Gasteiger partial charge is 0.444 e. The van der Waals surface area contributed by atoms with Gasteiger partial charge in [0, 0.05) is 29.9 Å². The van der Waals surface area contributed by atoms with Crippen molar-refractivity contribution in [2.75, 3.05) is 11.4 Å². The quantitative estimate of drug-likeness (QED) is 0.670. The molecule has 2 aromatic heterocycles. The Morgan fingerprint density at radius 1 is 1.21 bits per heavy atom. The van der Waals surface area contributed by atoms with Crippen LogP contribution in [0.3, 0.4) is 0 Å². The van der Waals surface area contributed by atoms with Crippen LogP contribution in [0.25, 0.3) is 11.4 Å². The first-order valence-electron chi connectivity index (χ1n) is 8.63. The Morgan fingerprint density at radius 2 is 2.00 bits per heavy atom. The number of rotatable bonds is 5. The minimum atomic E-state index is -0.754. The number of amides is 1. The first-order valence-corrected chi connectivity index (χ1v) is 8.63. The summed E-state index contributed by atoms with van der Waals surface area (Å²) in [4.78, 5) is 18.8. The van der Waals surface area contributed by atoms with Gasteiger partial charge in [0.15, 0.2) is 0 Å². The summed E-state index contributed by atoms with van der Waals surface area (Å²) in [6.07, 6.45) is 1.01. The van der Waals surface area contributed by atoms with Gasteiger partial charge in [0.25, 0.3) is 0 Å². The molecule has 0 spiro atoms. The maximum absolute atomic E-state index is 13.4. The summed E-state index contributed by atoms with van der Waals surface area (Å²) in [5, 5.41) is 12.3. The van der Waals surface area contributed by atoms with E-state index < -0.39 is 23.8 Å². The number of tetrazole rings is 1. The molecule has 1 fully saturated rings. The summed E-state index contributed by atoms with van der Waals surface area (Å²) in [5.41, 5.74) is 1.77. The maximum atomic E-state index is 13.4. The van der Waals surface area contributed by atoms with Gasteiger partial charge in [0.05, 0.1) is 18.8 Å². The van der Waals surface area contributed by atoms with Crippen molar-refractivity contribution in [3.8, 4) is 11.4 Å². The number of ether oxygens (including phenoxy) is 1. The minimum Gasteiger partial charge on any atom is -0.444 e. The molecule has 0 bridgehead atoms. The van der Waals surface area contributed by atoms with E-state index in [1.54, 1.807) is 6.20 Å². The Hall–Kier alpha value is -3.43. The van der Waals surface area contributed by atoms with Gasteiger partial charge < -0.3 is 4.74 Å². The first-order chi connectivity index (χ1) is 13.5. The summed E-state index contributed by atoms with van der Waals surface area (Å²) >= 11 is 0. The number of anilines is 1. The van der Waals surface area contributed by atoms with Crippen LogP contribution < -0.4 is 4.90 Å². The number of hydrogen-bond acceptors (Lipinski definition) is 6. The highest BCUT2D eigenvalue weighted by Gasteiger charge is 2.32. The molecular weight excluding hydrogens is 370 g/mol. The van der Waals surface area contributed by atoms with Crippen LogP contribution in [-0.4, -0.2) is 43.9 Å². The fourth-order valence-corrected chi connectivity index (χ4v) is 2.89. The fourth-order valence-electron chi connectivity index (χ4n) is 2.89. The van der Waals surface area contributed by atoms with Gasteiger partial charge in [-0.15, -0.1) is 10.2 Å². The number of aromatic nitrogens is 5. The molecule has 1 aromatic carbocycles. The number of nitrogens with zero attached hydrogens (tertiary/aromatic N) is 6. The minimum absolute atomic E-state index is 0.123. The second kappa shape index (κ2) is 7.29. The topological polar surface area (TPSA) is 86.0 Å². The zero-order chi connectivity index (χ0) is 19.7. The van der Waals surface area contributed by atoms with Gasteiger partial charge in [-0.1, -0.05) is 0 Å². The number of pyridine rings is 1. The second-order valence-corrected chi connectivity index (χ2v) is 6.43. The average molecular weight is 386 g/mol. The van der Waals surface area contributed by atoms with Crippen LogP contribution in [0.5, 0.6) is 0 Å².